The molecule has 0 aliphatic carbocycles. The molecule has 28 heavy (non-hydrogen) atoms. The molecule has 0 bridgehead atoms. The quantitative estimate of drug-likeness (QED) is 0.419. The molecule has 3 aromatic rings. The molecule has 0 atom stereocenters. The molecular formula is C24H23F3O. The molecule has 0 unspecified atom stereocenters. The summed E-state index contributed by atoms with van der Waals surface area (Å²) in [6, 6.07) is 15.4. The second-order valence-electron chi connectivity index (χ2n) is 7.60. The normalized spacial score (nSPS) is 12.0. The van der Waals surface area contributed by atoms with Gasteiger partial charge >= 0.3 is 0 Å². The Labute approximate surface area is 163 Å². The first kappa shape index (κ1) is 20.1. The van der Waals surface area contributed by atoms with Crippen molar-refractivity contribution >= 4 is 16.6 Å². The van der Waals surface area contributed by atoms with Crippen molar-refractivity contribution in [1.29, 1.82) is 0 Å². The van der Waals surface area contributed by atoms with E-state index in [1.165, 1.54) is 32.9 Å². The molecular weight excluding hydrogens is 361 g/mol. The van der Waals surface area contributed by atoms with Crippen molar-refractivity contribution in [2.75, 3.05) is 0 Å². The van der Waals surface area contributed by atoms with Crippen LogP contribution in [0.2, 0.25) is 0 Å². The third-order valence-electron chi connectivity index (χ3n) is 5.09. The van der Waals surface area contributed by atoms with Gasteiger partial charge in [-0.2, -0.15) is 0 Å². The van der Waals surface area contributed by atoms with Gasteiger partial charge in [0.1, 0.15) is 5.67 Å². The molecule has 0 radical (unpaired) electrons. The van der Waals surface area contributed by atoms with E-state index in [1.54, 1.807) is 30.3 Å². The zero-order valence-electron chi connectivity index (χ0n) is 16.2. The van der Waals surface area contributed by atoms with Crippen molar-refractivity contribution in [2.45, 2.75) is 45.7 Å². The van der Waals surface area contributed by atoms with Crippen LogP contribution in [0, 0.1) is 0 Å². The molecule has 0 aliphatic heterocycles. The Hall–Kier alpha value is -2.62. The maximum atomic E-state index is 14.0. The largest absolute Gasteiger partial charge is 0.295 e. The molecule has 0 spiro atoms. The Morgan fingerprint density at radius 2 is 1.61 bits per heavy atom. The van der Waals surface area contributed by atoms with E-state index < -0.39 is 12.1 Å². The number of hydrogen-bond donors (Lipinski definition) is 0. The minimum Gasteiger partial charge on any atom is -0.295 e. The van der Waals surface area contributed by atoms with Crippen molar-refractivity contribution in [3.8, 4) is 0 Å². The number of carbonyl (C=O) groups excluding carboxylic acids is 1. The number of ketones is 1. The van der Waals surface area contributed by atoms with E-state index in [4.69, 9.17) is 0 Å². The zero-order chi connectivity index (χ0) is 20.5. The van der Waals surface area contributed by atoms with Gasteiger partial charge < -0.3 is 0 Å². The molecule has 4 heteroatoms. The van der Waals surface area contributed by atoms with Crippen LogP contribution in [0.15, 0.2) is 54.6 Å². The third kappa shape index (κ3) is 4.27. The van der Waals surface area contributed by atoms with E-state index in [0.717, 1.165) is 16.5 Å². The average molecular weight is 384 g/mol. The Morgan fingerprint density at radius 1 is 0.964 bits per heavy atom. The summed E-state index contributed by atoms with van der Waals surface area (Å²) in [5, 5.41) is 1.52. The highest BCUT2D eigenvalue weighted by Crippen LogP contribution is 2.30. The van der Waals surface area contributed by atoms with Crippen LogP contribution >= 0.6 is 0 Å². The molecule has 0 fully saturated rings. The summed E-state index contributed by atoms with van der Waals surface area (Å²) >= 11 is 0. The molecule has 0 heterocycles. The topological polar surface area (TPSA) is 17.1 Å². The fourth-order valence-electron chi connectivity index (χ4n) is 3.47. The van der Waals surface area contributed by atoms with Gasteiger partial charge in [-0.25, -0.2) is 13.2 Å². The first-order valence-electron chi connectivity index (χ1n) is 9.30. The first-order chi connectivity index (χ1) is 13.2. The van der Waals surface area contributed by atoms with Gasteiger partial charge in [0.2, 0.25) is 0 Å². The fourth-order valence-corrected chi connectivity index (χ4v) is 3.47. The highest BCUT2D eigenvalue weighted by Gasteiger charge is 2.18. The number of fused-ring (bicyclic) bond motifs is 1. The van der Waals surface area contributed by atoms with Gasteiger partial charge in [0.25, 0.3) is 6.43 Å². The summed E-state index contributed by atoms with van der Waals surface area (Å²) in [7, 11) is 0. The van der Waals surface area contributed by atoms with E-state index in [9.17, 15) is 18.0 Å². The van der Waals surface area contributed by atoms with Crippen molar-refractivity contribution in [3.63, 3.8) is 0 Å². The Kier molecular flexibility index (Phi) is 5.59. The summed E-state index contributed by atoms with van der Waals surface area (Å²) < 4.78 is 40.4. The lowest BCUT2D eigenvalue weighted by molar-refractivity contribution is 0.101. The van der Waals surface area contributed by atoms with Crippen LogP contribution in [0.3, 0.4) is 0 Å². The van der Waals surface area contributed by atoms with Gasteiger partial charge in [-0.1, -0.05) is 48.5 Å². The Balaban J connectivity index is 1.97. The van der Waals surface area contributed by atoms with Gasteiger partial charge in [0, 0.05) is 11.1 Å². The number of hydrogen-bond acceptors (Lipinski definition) is 1. The van der Waals surface area contributed by atoms with Crippen LogP contribution in [-0.4, -0.2) is 5.78 Å². The van der Waals surface area contributed by atoms with Crippen molar-refractivity contribution < 1.29 is 18.0 Å². The average Bonchev–Trinajstić information content (AvgIpc) is 2.64. The number of alkyl halides is 3. The Bertz CT molecular complexity index is 999. The molecule has 0 aliphatic rings. The monoisotopic (exact) mass is 384 g/mol. The van der Waals surface area contributed by atoms with Crippen LogP contribution in [-0.2, 0) is 18.5 Å². The van der Waals surface area contributed by atoms with Gasteiger partial charge in [0.15, 0.2) is 5.78 Å². The minimum absolute atomic E-state index is 0.0519. The summed E-state index contributed by atoms with van der Waals surface area (Å²) in [6.07, 6.45) is -1.39. The van der Waals surface area contributed by atoms with Crippen molar-refractivity contribution in [1.82, 2.24) is 0 Å². The summed E-state index contributed by atoms with van der Waals surface area (Å²) in [5.41, 5.74) is 1.49. The maximum absolute atomic E-state index is 14.0. The third-order valence-corrected chi connectivity index (χ3v) is 5.09. The standard InChI is InChI=1S/C24H23F3O/c1-15(28)20-13-9-17-7-8-18(23(25)26)14-22(17)21(20)12-6-16-4-10-19(11-5-16)24(2,3)27/h4-5,7-11,13-14,23H,6,12H2,1-3H3. The molecule has 0 aromatic heterocycles. The van der Waals surface area contributed by atoms with Crippen LogP contribution in [0.1, 0.15) is 59.8 Å². The molecule has 0 saturated heterocycles. The smallest absolute Gasteiger partial charge is 0.263 e. The fraction of sp³-hybridized carbons (Fsp3) is 0.292. The van der Waals surface area contributed by atoms with Gasteiger partial charge in [-0.15, -0.1) is 0 Å². The molecule has 146 valence electrons. The number of Topliss-reactive ketones (excluding diaryl/α,β-unsaturated/α-hetero) is 1. The summed E-state index contributed by atoms with van der Waals surface area (Å²) in [6.45, 7) is 4.51. The predicted octanol–water partition coefficient (Wildman–Crippen LogP) is 6.97. The van der Waals surface area contributed by atoms with E-state index in [1.807, 2.05) is 12.1 Å². The van der Waals surface area contributed by atoms with Crippen LogP contribution < -0.4 is 0 Å². The molecule has 0 saturated carbocycles. The molecule has 1 nitrogen and oxygen atoms in total. The summed E-state index contributed by atoms with van der Waals surface area (Å²) in [4.78, 5) is 12.1. The lowest BCUT2D eigenvalue weighted by Crippen LogP contribution is -2.08. The SMILES string of the molecule is CC(=O)c1ccc2ccc(C(F)F)cc2c1CCc1ccc(C(C)(C)F)cc1. The van der Waals surface area contributed by atoms with Crippen LogP contribution in [0.5, 0.6) is 0 Å². The van der Waals surface area contributed by atoms with Crippen LogP contribution in [0.4, 0.5) is 13.2 Å². The van der Waals surface area contributed by atoms with E-state index in [0.29, 0.717) is 29.4 Å². The molecule has 0 amide bonds. The van der Waals surface area contributed by atoms with E-state index >= 15 is 0 Å². The van der Waals surface area contributed by atoms with Crippen molar-refractivity contribution in [2.24, 2.45) is 0 Å². The Morgan fingerprint density at radius 3 is 2.18 bits per heavy atom. The van der Waals surface area contributed by atoms with E-state index in [-0.39, 0.29) is 11.3 Å². The number of halogens is 3. The summed E-state index contributed by atoms with van der Waals surface area (Å²) in [5.74, 6) is -0.0890. The second kappa shape index (κ2) is 7.78. The number of rotatable bonds is 6. The minimum atomic E-state index is -2.56. The first-order valence-corrected chi connectivity index (χ1v) is 9.30. The zero-order valence-corrected chi connectivity index (χ0v) is 16.2. The predicted molar refractivity (Wildman–Crippen MR) is 107 cm³/mol. The van der Waals surface area contributed by atoms with E-state index in [2.05, 4.69) is 0 Å². The van der Waals surface area contributed by atoms with Crippen LogP contribution in [0.25, 0.3) is 10.8 Å². The highest BCUT2D eigenvalue weighted by molar-refractivity contribution is 6.01. The highest BCUT2D eigenvalue weighted by atomic mass is 19.3. The molecule has 3 aromatic carbocycles. The van der Waals surface area contributed by atoms with Gasteiger partial charge in [-0.3, -0.25) is 4.79 Å². The van der Waals surface area contributed by atoms with Gasteiger partial charge in [-0.05, 0) is 67.1 Å². The number of aryl methyl sites for hydroxylation is 2. The second-order valence-corrected chi connectivity index (χ2v) is 7.60. The molecule has 3 rings (SSSR count). The maximum Gasteiger partial charge on any atom is 0.263 e. The van der Waals surface area contributed by atoms with Gasteiger partial charge in [0.05, 0.1) is 0 Å². The number of carbonyl (C=O) groups is 1. The number of benzene rings is 3. The molecule has 0 N–H and O–H groups in total. The van der Waals surface area contributed by atoms with Crippen molar-refractivity contribution in [3.05, 3.63) is 82.4 Å². The lowest BCUT2D eigenvalue weighted by Gasteiger charge is -2.16. The lowest BCUT2D eigenvalue weighted by atomic mass is 9.91.